The normalized spacial score (nSPS) is 10.4. The molecular formula is C15H18FN3O2. The van der Waals surface area contributed by atoms with Crippen LogP contribution < -0.4 is 10.1 Å². The van der Waals surface area contributed by atoms with Crippen molar-refractivity contribution in [2.75, 3.05) is 13.2 Å². The number of aryl methyl sites for hydroxylation is 2. The number of ether oxygens (including phenoxy) is 1. The van der Waals surface area contributed by atoms with Crippen molar-refractivity contribution in [3.63, 3.8) is 0 Å². The molecule has 0 saturated carbocycles. The first-order valence-corrected chi connectivity index (χ1v) is 6.71. The Kier molecular flexibility index (Phi) is 4.92. The lowest BCUT2D eigenvalue weighted by Crippen LogP contribution is -2.32. The number of carbonyl (C=O) groups is 1. The van der Waals surface area contributed by atoms with Gasteiger partial charge in [-0.2, -0.15) is 5.10 Å². The second kappa shape index (κ2) is 6.88. The van der Waals surface area contributed by atoms with Crippen molar-refractivity contribution in [1.82, 2.24) is 15.1 Å². The maximum absolute atomic E-state index is 12.9. The fourth-order valence-corrected chi connectivity index (χ4v) is 1.96. The van der Waals surface area contributed by atoms with Crippen molar-refractivity contribution in [3.05, 3.63) is 47.5 Å². The number of nitrogens with one attached hydrogen (secondary N) is 1. The molecule has 2 aromatic rings. The van der Waals surface area contributed by atoms with Crippen molar-refractivity contribution in [3.8, 4) is 5.75 Å². The maximum atomic E-state index is 12.9. The topological polar surface area (TPSA) is 56.2 Å². The summed E-state index contributed by atoms with van der Waals surface area (Å²) in [7, 11) is 0. The average Bonchev–Trinajstić information content (AvgIpc) is 2.75. The van der Waals surface area contributed by atoms with E-state index in [4.69, 9.17) is 4.74 Å². The van der Waals surface area contributed by atoms with E-state index < -0.39 is 5.82 Å². The Morgan fingerprint density at radius 1 is 1.38 bits per heavy atom. The van der Waals surface area contributed by atoms with Gasteiger partial charge in [-0.05, 0) is 32.0 Å². The lowest BCUT2D eigenvalue weighted by Gasteiger charge is -2.08. The summed E-state index contributed by atoms with van der Waals surface area (Å²) in [5, 5.41) is 7.04. The van der Waals surface area contributed by atoms with E-state index in [2.05, 4.69) is 10.4 Å². The number of hydrogen-bond donors (Lipinski definition) is 1. The van der Waals surface area contributed by atoms with E-state index in [0.717, 1.165) is 11.4 Å². The molecule has 1 amide bonds. The van der Waals surface area contributed by atoms with Crippen molar-refractivity contribution in [1.29, 1.82) is 0 Å². The number of aromatic nitrogens is 2. The van der Waals surface area contributed by atoms with Gasteiger partial charge in [0.15, 0.2) is 6.61 Å². The third-order valence-corrected chi connectivity index (χ3v) is 2.92. The summed E-state index contributed by atoms with van der Waals surface area (Å²) < 4.78 is 20.0. The van der Waals surface area contributed by atoms with Crippen LogP contribution in [0.5, 0.6) is 5.75 Å². The highest BCUT2D eigenvalue weighted by Gasteiger charge is 2.04. The smallest absolute Gasteiger partial charge is 0.258 e. The highest BCUT2D eigenvalue weighted by molar-refractivity contribution is 5.77. The van der Waals surface area contributed by atoms with E-state index in [1.54, 1.807) is 6.07 Å². The molecule has 1 aromatic heterocycles. The predicted molar refractivity (Wildman–Crippen MR) is 76.6 cm³/mol. The third kappa shape index (κ3) is 4.59. The molecule has 1 heterocycles. The van der Waals surface area contributed by atoms with E-state index in [1.807, 2.05) is 24.6 Å². The van der Waals surface area contributed by atoms with E-state index in [1.165, 1.54) is 18.2 Å². The lowest BCUT2D eigenvalue weighted by molar-refractivity contribution is -0.123. The Morgan fingerprint density at radius 3 is 2.86 bits per heavy atom. The van der Waals surface area contributed by atoms with Gasteiger partial charge in [0.25, 0.3) is 5.91 Å². The highest BCUT2D eigenvalue weighted by Crippen LogP contribution is 2.11. The second-order valence-corrected chi connectivity index (χ2v) is 4.75. The Morgan fingerprint density at radius 2 is 2.19 bits per heavy atom. The van der Waals surface area contributed by atoms with Crippen molar-refractivity contribution < 1.29 is 13.9 Å². The largest absolute Gasteiger partial charge is 0.484 e. The minimum Gasteiger partial charge on any atom is -0.484 e. The molecule has 0 aliphatic carbocycles. The van der Waals surface area contributed by atoms with Gasteiger partial charge in [0.2, 0.25) is 0 Å². The van der Waals surface area contributed by atoms with Crippen LogP contribution in [0.3, 0.4) is 0 Å². The Labute approximate surface area is 122 Å². The molecule has 21 heavy (non-hydrogen) atoms. The summed E-state index contributed by atoms with van der Waals surface area (Å²) in [4.78, 5) is 11.6. The summed E-state index contributed by atoms with van der Waals surface area (Å²) in [6.07, 6.45) is 0. The maximum Gasteiger partial charge on any atom is 0.258 e. The van der Waals surface area contributed by atoms with Crippen LogP contribution >= 0.6 is 0 Å². The molecule has 0 unspecified atom stereocenters. The predicted octanol–water partition coefficient (Wildman–Crippen LogP) is 1.83. The zero-order valence-corrected chi connectivity index (χ0v) is 12.1. The molecule has 5 nitrogen and oxygen atoms in total. The average molecular weight is 291 g/mol. The quantitative estimate of drug-likeness (QED) is 0.883. The Bertz CT molecular complexity index is 625. The molecule has 0 spiro atoms. The van der Waals surface area contributed by atoms with Gasteiger partial charge in [-0.15, -0.1) is 0 Å². The van der Waals surface area contributed by atoms with Gasteiger partial charge in [0, 0.05) is 18.3 Å². The molecule has 1 N–H and O–H groups in total. The van der Waals surface area contributed by atoms with Crippen LogP contribution in [0.2, 0.25) is 0 Å². The highest BCUT2D eigenvalue weighted by atomic mass is 19.1. The Balaban J connectivity index is 1.71. The van der Waals surface area contributed by atoms with Gasteiger partial charge in [-0.3, -0.25) is 9.48 Å². The summed E-state index contributed by atoms with van der Waals surface area (Å²) in [6.45, 7) is 4.82. The summed E-state index contributed by atoms with van der Waals surface area (Å²) in [5.74, 6) is -0.304. The number of rotatable bonds is 6. The van der Waals surface area contributed by atoms with Gasteiger partial charge < -0.3 is 10.1 Å². The van der Waals surface area contributed by atoms with E-state index in [-0.39, 0.29) is 12.5 Å². The minimum atomic E-state index is -0.391. The van der Waals surface area contributed by atoms with Crippen molar-refractivity contribution >= 4 is 5.91 Å². The van der Waals surface area contributed by atoms with Crippen LogP contribution in [0.4, 0.5) is 4.39 Å². The lowest BCUT2D eigenvalue weighted by atomic mass is 10.3. The van der Waals surface area contributed by atoms with Crippen LogP contribution in [0.1, 0.15) is 11.4 Å². The van der Waals surface area contributed by atoms with E-state index in [0.29, 0.717) is 18.8 Å². The minimum absolute atomic E-state index is 0.138. The summed E-state index contributed by atoms with van der Waals surface area (Å²) in [6, 6.07) is 7.68. The first-order valence-electron chi connectivity index (χ1n) is 6.71. The van der Waals surface area contributed by atoms with E-state index in [9.17, 15) is 9.18 Å². The van der Waals surface area contributed by atoms with Crippen LogP contribution in [0.15, 0.2) is 30.3 Å². The van der Waals surface area contributed by atoms with Crippen LogP contribution in [-0.2, 0) is 11.3 Å². The fourth-order valence-electron chi connectivity index (χ4n) is 1.96. The molecule has 0 atom stereocenters. The van der Waals surface area contributed by atoms with Crippen LogP contribution in [0, 0.1) is 19.7 Å². The van der Waals surface area contributed by atoms with Crippen molar-refractivity contribution in [2.24, 2.45) is 0 Å². The number of halogens is 1. The monoisotopic (exact) mass is 291 g/mol. The summed E-state index contributed by atoms with van der Waals surface area (Å²) in [5.41, 5.74) is 2.01. The zero-order chi connectivity index (χ0) is 15.2. The summed E-state index contributed by atoms with van der Waals surface area (Å²) >= 11 is 0. The molecule has 0 fully saturated rings. The Hall–Kier alpha value is -2.37. The van der Waals surface area contributed by atoms with Gasteiger partial charge in [-0.1, -0.05) is 6.07 Å². The number of benzene rings is 1. The molecule has 0 bridgehead atoms. The van der Waals surface area contributed by atoms with Gasteiger partial charge in [0.05, 0.1) is 12.2 Å². The molecule has 1 aromatic carbocycles. The first-order chi connectivity index (χ1) is 10.0. The van der Waals surface area contributed by atoms with Gasteiger partial charge >= 0.3 is 0 Å². The molecule has 0 aliphatic heterocycles. The first kappa shape index (κ1) is 15.0. The fraction of sp³-hybridized carbons (Fsp3) is 0.333. The molecule has 2 rings (SSSR count). The number of hydrogen-bond acceptors (Lipinski definition) is 3. The van der Waals surface area contributed by atoms with E-state index >= 15 is 0 Å². The second-order valence-electron chi connectivity index (χ2n) is 4.75. The van der Waals surface area contributed by atoms with Gasteiger partial charge in [0.1, 0.15) is 11.6 Å². The van der Waals surface area contributed by atoms with Crippen molar-refractivity contribution in [2.45, 2.75) is 20.4 Å². The van der Waals surface area contributed by atoms with Crippen LogP contribution in [-0.4, -0.2) is 28.8 Å². The molecule has 112 valence electrons. The molecule has 0 saturated heterocycles. The molecule has 0 radical (unpaired) electrons. The molecular weight excluding hydrogens is 273 g/mol. The standard InChI is InChI=1S/C15H18FN3O2/c1-11-8-12(2)19(18-11)7-6-17-15(20)10-21-14-5-3-4-13(16)9-14/h3-5,8-9H,6-7,10H2,1-2H3,(H,17,20). The number of carbonyl (C=O) groups excluding carboxylic acids is 1. The zero-order valence-electron chi connectivity index (χ0n) is 12.1. The SMILES string of the molecule is Cc1cc(C)n(CCNC(=O)COc2cccc(F)c2)n1. The van der Waals surface area contributed by atoms with Crippen LogP contribution in [0.25, 0.3) is 0 Å². The molecule has 6 heteroatoms. The van der Waals surface area contributed by atoms with Gasteiger partial charge in [-0.25, -0.2) is 4.39 Å². The number of nitrogens with zero attached hydrogens (tertiary/aromatic N) is 2. The molecule has 0 aliphatic rings. The number of amides is 1. The third-order valence-electron chi connectivity index (χ3n) is 2.92.